The number of nitrogen functional groups attached to an aromatic ring is 1. The largest absolute Gasteiger partial charge is 0.457 e. The average Bonchev–Trinajstić information content (AvgIpc) is 3.16. The van der Waals surface area contributed by atoms with Crippen LogP contribution in [0.1, 0.15) is 75.5 Å². The lowest BCUT2D eigenvalue weighted by Crippen LogP contribution is -2.41. The lowest BCUT2D eigenvalue weighted by Gasteiger charge is -2.28. The van der Waals surface area contributed by atoms with Crippen molar-refractivity contribution in [1.82, 2.24) is 5.32 Å². The normalized spacial score (nSPS) is 11.5. The molecule has 0 aliphatic rings. The maximum Gasteiger partial charge on any atom is 0.411 e. The van der Waals surface area contributed by atoms with E-state index in [4.69, 9.17) is 20.6 Å². The van der Waals surface area contributed by atoms with Crippen LogP contribution in [0.4, 0.5) is 16.2 Å². The number of carbonyl (C=O) groups is 4. The van der Waals surface area contributed by atoms with Crippen molar-refractivity contribution in [2.75, 3.05) is 10.6 Å². The van der Waals surface area contributed by atoms with Gasteiger partial charge in [0.2, 0.25) is 0 Å². The minimum atomic E-state index is -0.734. The maximum atomic E-state index is 14.1. The Morgan fingerprint density at radius 2 is 1.19 bits per heavy atom. The van der Waals surface area contributed by atoms with Crippen LogP contribution >= 0.6 is 0 Å². The molecule has 5 rings (SSSR count). The van der Waals surface area contributed by atoms with E-state index in [-0.39, 0.29) is 58.8 Å². The highest BCUT2D eigenvalue weighted by Gasteiger charge is 2.25. The zero-order valence-corrected chi connectivity index (χ0v) is 30.6. The van der Waals surface area contributed by atoms with Gasteiger partial charge in [-0.3, -0.25) is 20.3 Å². The van der Waals surface area contributed by atoms with Crippen molar-refractivity contribution in [3.05, 3.63) is 155 Å². The van der Waals surface area contributed by atoms with E-state index < -0.39 is 18.0 Å². The molecular formula is C43H43N5O6. The first-order chi connectivity index (χ1) is 25.8. The van der Waals surface area contributed by atoms with E-state index in [2.05, 4.69) is 16.0 Å². The minimum absolute atomic E-state index is 0.0197. The van der Waals surface area contributed by atoms with Crippen LogP contribution < -0.4 is 21.7 Å². The summed E-state index contributed by atoms with van der Waals surface area (Å²) in [5, 5.41) is 16.2. The molecule has 0 aromatic heterocycles. The molecule has 276 valence electrons. The summed E-state index contributed by atoms with van der Waals surface area (Å²) in [6.07, 6.45) is -0.734. The van der Waals surface area contributed by atoms with Gasteiger partial charge in [0.05, 0.1) is 5.56 Å². The van der Waals surface area contributed by atoms with Gasteiger partial charge < -0.3 is 25.8 Å². The first-order valence-electron chi connectivity index (χ1n) is 17.3. The summed E-state index contributed by atoms with van der Waals surface area (Å²) >= 11 is 0. The number of esters is 1. The number of nitrogens with two attached hydrogens (primary N) is 1. The highest BCUT2D eigenvalue weighted by atomic mass is 16.5. The quantitative estimate of drug-likeness (QED) is 0.0490. The van der Waals surface area contributed by atoms with Gasteiger partial charge in [-0.1, -0.05) is 93.6 Å². The second-order valence-electron chi connectivity index (χ2n) is 13.8. The van der Waals surface area contributed by atoms with Gasteiger partial charge in [0, 0.05) is 34.1 Å². The Morgan fingerprint density at radius 1 is 0.648 bits per heavy atom. The Hall–Kier alpha value is -6.75. The fourth-order valence-corrected chi connectivity index (χ4v) is 5.24. The molecule has 11 heteroatoms. The van der Waals surface area contributed by atoms with Gasteiger partial charge in [-0.25, -0.2) is 9.59 Å². The first-order valence-corrected chi connectivity index (χ1v) is 17.3. The minimum Gasteiger partial charge on any atom is -0.457 e. The molecule has 6 N–H and O–H groups in total. The SMILES string of the molecule is CC(NC(=O)c1ccc(-c2ccc(NC(=O)OCc3ccccc3)cc2C(=O)Nc2ccc(C(=N)N)cc2)c(C(=O)OCc2ccccc2)c1)C(C)(C)C. The number of hydrogen-bond donors (Lipinski definition) is 5. The Morgan fingerprint density at radius 3 is 1.78 bits per heavy atom. The molecule has 1 unspecified atom stereocenters. The lowest BCUT2D eigenvalue weighted by atomic mass is 9.87. The van der Waals surface area contributed by atoms with Crippen LogP contribution in [0.15, 0.2) is 121 Å². The van der Waals surface area contributed by atoms with Crippen molar-refractivity contribution in [1.29, 1.82) is 5.41 Å². The standard InChI is InChI=1S/C43H43N5O6/c1-27(43(2,3)4)46-39(49)31-17-21-35(37(23-31)41(51)53-25-28-11-7-5-8-12-28)34-22-20-33(48-42(52)54-26-29-13-9-6-10-14-29)24-36(34)40(50)47-32-18-15-30(16-19-32)38(44)45/h5-24,27H,25-26H2,1-4H3,(H3,44,45)(H,46,49)(H,47,50)(H,48,52). The van der Waals surface area contributed by atoms with E-state index >= 15 is 0 Å². The predicted molar refractivity (Wildman–Crippen MR) is 209 cm³/mol. The summed E-state index contributed by atoms with van der Waals surface area (Å²) in [7, 11) is 0. The molecule has 0 radical (unpaired) electrons. The first kappa shape index (κ1) is 38.5. The monoisotopic (exact) mass is 725 g/mol. The van der Waals surface area contributed by atoms with E-state index in [1.807, 2.05) is 88.4 Å². The number of hydrogen-bond acceptors (Lipinski definition) is 7. The van der Waals surface area contributed by atoms with Crippen LogP contribution in [0, 0.1) is 10.8 Å². The zero-order valence-electron chi connectivity index (χ0n) is 30.6. The van der Waals surface area contributed by atoms with E-state index in [0.717, 1.165) is 11.1 Å². The molecule has 5 aromatic rings. The molecule has 1 atom stereocenters. The van der Waals surface area contributed by atoms with E-state index in [1.165, 1.54) is 12.1 Å². The lowest BCUT2D eigenvalue weighted by molar-refractivity contribution is 0.0473. The summed E-state index contributed by atoms with van der Waals surface area (Å²) in [4.78, 5) is 54.2. The van der Waals surface area contributed by atoms with Crippen LogP contribution in [0.3, 0.4) is 0 Å². The number of benzene rings is 5. The molecule has 0 aliphatic carbocycles. The topological polar surface area (TPSA) is 173 Å². The van der Waals surface area contributed by atoms with Crippen LogP contribution in [0.2, 0.25) is 0 Å². The molecule has 3 amide bonds. The molecule has 0 aliphatic heterocycles. The second kappa shape index (κ2) is 17.2. The van der Waals surface area contributed by atoms with Gasteiger partial charge in [0.1, 0.15) is 19.0 Å². The van der Waals surface area contributed by atoms with E-state index in [1.54, 1.807) is 48.5 Å². The maximum absolute atomic E-state index is 14.1. The Bertz CT molecular complexity index is 2150. The highest BCUT2D eigenvalue weighted by Crippen LogP contribution is 2.32. The molecule has 5 aromatic carbocycles. The summed E-state index contributed by atoms with van der Waals surface area (Å²) in [5.74, 6) is -1.76. The molecule has 0 spiro atoms. The van der Waals surface area contributed by atoms with Crippen molar-refractivity contribution < 1.29 is 28.7 Å². The van der Waals surface area contributed by atoms with Crippen molar-refractivity contribution in [2.24, 2.45) is 11.1 Å². The molecule has 0 fully saturated rings. The van der Waals surface area contributed by atoms with Crippen molar-refractivity contribution in [3.8, 4) is 11.1 Å². The summed E-state index contributed by atoms with van der Waals surface area (Å²) < 4.78 is 11.1. The summed E-state index contributed by atoms with van der Waals surface area (Å²) in [6.45, 7) is 7.97. The highest BCUT2D eigenvalue weighted by molar-refractivity contribution is 6.12. The fourth-order valence-electron chi connectivity index (χ4n) is 5.24. The number of ether oxygens (including phenoxy) is 2. The van der Waals surface area contributed by atoms with Gasteiger partial charge in [-0.2, -0.15) is 0 Å². The van der Waals surface area contributed by atoms with E-state index in [9.17, 15) is 19.2 Å². The third-order valence-electron chi connectivity index (χ3n) is 8.83. The van der Waals surface area contributed by atoms with Gasteiger partial charge >= 0.3 is 12.1 Å². The second-order valence-corrected chi connectivity index (χ2v) is 13.8. The van der Waals surface area contributed by atoms with Gasteiger partial charge in [0.15, 0.2) is 0 Å². The molecular weight excluding hydrogens is 683 g/mol. The molecule has 0 saturated carbocycles. The van der Waals surface area contributed by atoms with Gasteiger partial charge in [0.25, 0.3) is 11.8 Å². The van der Waals surface area contributed by atoms with Crippen LogP contribution in [-0.2, 0) is 22.7 Å². The molecule has 54 heavy (non-hydrogen) atoms. The Balaban J connectivity index is 1.53. The van der Waals surface area contributed by atoms with Crippen LogP contribution in [-0.4, -0.2) is 35.8 Å². The smallest absolute Gasteiger partial charge is 0.411 e. The fraction of sp³-hybridized carbons (Fsp3) is 0.186. The van der Waals surface area contributed by atoms with Gasteiger partial charge in [-0.15, -0.1) is 0 Å². The Kier molecular flexibility index (Phi) is 12.2. The van der Waals surface area contributed by atoms with E-state index in [0.29, 0.717) is 22.4 Å². The summed E-state index contributed by atoms with van der Waals surface area (Å²) in [6, 6.07) is 33.9. The van der Waals surface area contributed by atoms with Crippen molar-refractivity contribution >= 4 is 41.1 Å². The molecule has 0 bridgehead atoms. The number of amidine groups is 1. The summed E-state index contributed by atoms with van der Waals surface area (Å²) in [5.41, 5.74) is 9.16. The third kappa shape index (κ3) is 10.2. The Labute approximate surface area is 314 Å². The number of nitrogens with one attached hydrogen (secondary N) is 4. The van der Waals surface area contributed by atoms with Crippen molar-refractivity contribution in [2.45, 2.75) is 47.0 Å². The average molecular weight is 726 g/mol. The molecule has 11 nitrogen and oxygen atoms in total. The van der Waals surface area contributed by atoms with Crippen molar-refractivity contribution in [3.63, 3.8) is 0 Å². The number of carbonyl (C=O) groups excluding carboxylic acids is 4. The predicted octanol–water partition coefficient (Wildman–Crippen LogP) is 8.16. The number of amides is 3. The number of anilines is 2. The third-order valence-corrected chi connectivity index (χ3v) is 8.83. The number of rotatable bonds is 12. The molecule has 0 saturated heterocycles. The van der Waals surface area contributed by atoms with Gasteiger partial charge in [-0.05, 0) is 83.1 Å². The van der Waals surface area contributed by atoms with Crippen LogP contribution in [0.25, 0.3) is 11.1 Å². The zero-order chi connectivity index (χ0) is 38.8. The molecule has 0 heterocycles. The van der Waals surface area contributed by atoms with Crippen LogP contribution in [0.5, 0.6) is 0 Å².